The average Bonchev–Trinajstić information content (AvgIpc) is 2.56. The number of Topliss-reactive ketones (excluding diaryl/α,β-unsaturated/α-hetero) is 1. The molecule has 0 spiro atoms. The standard InChI is InChI=1S/C14H21N5O2S/c1-11(20)12-10-16-14(19-4-2-15-3-5-19)17-13(12)18-6-8-22(21)9-7-18/h10,15H,2-9H2,1H3. The Hall–Kier alpha value is -1.38. The summed E-state index contributed by atoms with van der Waals surface area (Å²) in [4.78, 5) is 25.1. The molecule has 120 valence electrons. The van der Waals surface area contributed by atoms with Crippen LogP contribution in [-0.4, -0.2) is 71.1 Å². The van der Waals surface area contributed by atoms with Gasteiger partial charge in [-0.15, -0.1) is 0 Å². The first kappa shape index (κ1) is 15.5. The molecule has 2 saturated heterocycles. The summed E-state index contributed by atoms with van der Waals surface area (Å²) in [6, 6.07) is 0. The van der Waals surface area contributed by atoms with Gasteiger partial charge in [0.2, 0.25) is 5.95 Å². The molecule has 0 bridgehead atoms. The highest BCUT2D eigenvalue weighted by Gasteiger charge is 2.25. The van der Waals surface area contributed by atoms with Crippen LogP contribution in [-0.2, 0) is 11.2 Å². The third kappa shape index (κ3) is 3.34. The summed E-state index contributed by atoms with van der Waals surface area (Å²) >= 11 is -0.750. The van der Waals surface area contributed by atoms with Crippen LogP contribution in [0.3, 0.4) is 0 Å². The molecule has 0 unspecified atom stereocenters. The van der Waals surface area contributed by atoms with Crippen LogP contribution in [0.2, 0.25) is 0 Å². The normalized spacial score (nSPS) is 20.3. The van der Waals surface area contributed by atoms with Gasteiger partial charge >= 0.3 is 0 Å². The van der Waals surface area contributed by atoms with Crippen molar-refractivity contribution in [3.8, 4) is 0 Å². The van der Waals surface area contributed by atoms with Crippen LogP contribution in [0, 0.1) is 0 Å². The summed E-state index contributed by atoms with van der Waals surface area (Å²) in [6.45, 7) is 6.43. The fraction of sp³-hybridized carbons (Fsp3) is 0.643. The Morgan fingerprint density at radius 1 is 1.23 bits per heavy atom. The summed E-state index contributed by atoms with van der Waals surface area (Å²) < 4.78 is 11.5. The molecule has 1 N–H and O–H groups in total. The number of piperazine rings is 1. The summed E-state index contributed by atoms with van der Waals surface area (Å²) in [5, 5.41) is 3.30. The molecule has 3 heterocycles. The molecule has 2 fully saturated rings. The van der Waals surface area contributed by atoms with E-state index in [-0.39, 0.29) is 5.78 Å². The zero-order chi connectivity index (χ0) is 15.5. The van der Waals surface area contributed by atoms with Gasteiger partial charge in [0.25, 0.3) is 0 Å². The van der Waals surface area contributed by atoms with Crippen molar-refractivity contribution in [1.82, 2.24) is 15.3 Å². The van der Waals surface area contributed by atoms with Gasteiger partial charge in [-0.05, 0) is 6.92 Å². The van der Waals surface area contributed by atoms with Gasteiger partial charge in [-0.3, -0.25) is 4.79 Å². The van der Waals surface area contributed by atoms with Gasteiger partial charge in [0, 0.05) is 32.4 Å². The Morgan fingerprint density at radius 2 is 1.91 bits per heavy atom. The zero-order valence-electron chi connectivity index (χ0n) is 12.7. The minimum absolute atomic E-state index is 0.0337. The second-order valence-electron chi connectivity index (χ2n) is 5.54. The van der Waals surface area contributed by atoms with Gasteiger partial charge in [0.1, 0.15) is 17.3 Å². The minimum Gasteiger partial charge on any atom is -0.616 e. The maximum atomic E-state index is 11.9. The van der Waals surface area contributed by atoms with Crippen molar-refractivity contribution in [2.24, 2.45) is 0 Å². The lowest BCUT2D eigenvalue weighted by atomic mass is 10.2. The molecule has 0 aliphatic carbocycles. The number of hydrogen-bond acceptors (Lipinski definition) is 7. The van der Waals surface area contributed by atoms with Crippen molar-refractivity contribution in [3.05, 3.63) is 11.8 Å². The highest BCUT2D eigenvalue weighted by atomic mass is 32.2. The molecule has 0 saturated carbocycles. The molecule has 0 radical (unpaired) electrons. The second-order valence-corrected chi connectivity index (χ2v) is 7.23. The first-order chi connectivity index (χ1) is 10.6. The SMILES string of the molecule is CC(=O)c1cnc(N2CCNCC2)nc1N1CC[S+]([O-])CC1. The van der Waals surface area contributed by atoms with E-state index in [1.807, 2.05) is 0 Å². The molecule has 1 aromatic rings. The summed E-state index contributed by atoms with van der Waals surface area (Å²) in [5.74, 6) is 2.59. The maximum Gasteiger partial charge on any atom is 0.227 e. The number of hydrogen-bond donors (Lipinski definition) is 1. The average molecular weight is 323 g/mol. The fourth-order valence-electron chi connectivity index (χ4n) is 2.72. The number of aromatic nitrogens is 2. The number of carbonyl (C=O) groups is 1. The van der Waals surface area contributed by atoms with Crippen LogP contribution in [0.1, 0.15) is 17.3 Å². The van der Waals surface area contributed by atoms with E-state index in [2.05, 4.69) is 25.1 Å². The van der Waals surface area contributed by atoms with Gasteiger partial charge in [0.05, 0.1) is 18.7 Å². The van der Waals surface area contributed by atoms with E-state index in [1.165, 1.54) is 6.92 Å². The Labute approximate surface area is 133 Å². The lowest BCUT2D eigenvalue weighted by Crippen LogP contribution is -2.45. The monoisotopic (exact) mass is 323 g/mol. The molecular formula is C14H21N5O2S. The molecule has 8 heteroatoms. The number of nitrogens with one attached hydrogen (secondary N) is 1. The largest absolute Gasteiger partial charge is 0.616 e. The Bertz CT molecular complexity index is 542. The van der Waals surface area contributed by atoms with Crippen LogP contribution >= 0.6 is 0 Å². The summed E-state index contributed by atoms with van der Waals surface area (Å²) in [6.07, 6.45) is 1.63. The summed E-state index contributed by atoms with van der Waals surface area (Å²) in [5.41, 5.74) is 0.548. The van der Waals surface area contributed by atoms with Crippen molar-refractivity contribution in [2.45, 2.75) is 6.92 Å². The lowest BCUT2D eigenvalue weighted by Gasteiger charge is -2.32. The molecule has 0 atom stereocenters. The Morgan fingerprint density at radius 3 is 2.55 bits per heavy atom. The quantitative estimate of drug-likeness (QED) is 0.601. The summed E-state index contributed by atoms with van der Waals surface area (Å²) in [7, 11) is 0. The van der Waals surface area contributed by atoms with Gasteiger partial charge < -0.3 is 19.7 Å². The van der Waals surface area contributed by atoms with E-state index in [0.717, 1.165) is 26.2 Å². The van der Waals surface area contributed by atoms with Crippen molar-refractivity contribution in [2.75, 3.05) is 60.6 Å². The van der Waals surface area contributed by atoms with Gasteiger partial charge in [-0.25, -0.2) is 4.98 Å². The third-order valence-corrected chi connectivity index (χ3v) is 5.29. The molecule has 2 aliphatic rings. The lowest BCUT2D eigenvalue weighted by molar-refractivity contribution is 0.101. The van der Waals surface area contributed by atoms with Crippen LogP contribution in [0.15, 0.2) is 6.20 Å². The number of ketones is 1. The predicted octanol–water partition coefficient (Wildman–Crippen LogP) is -0.342. The van der Waals surface area contributed by atoms with E-state index in [1.54, 1.807) is 6.20 Å². The molecule has 0 aromatic carbocycles. The molecule has 1 aromatic heterocycles. The smallest absolute Gasteiger partial charge is 0.227 e. The maximum absolute atomic E-state index is 11.9. The van der Waals surface area contributed by atoms with E-state index in [0.29, 0.717) is 41.9 Å². The number of rotatable bonds is 3. The van der Waals surface area contributed by atoms with E-state index < -0.39 is 11.2 Å². The molecule has 0 amide bonds. The Kier molecular flexibility index (Phi) is 4.80. The molecule has 3 rings (SSSR count). The second kappa shape index (κ2) is 6.80. The van der Waals surface area contributed by atoms with Crippen molar-refractivity contribution >= 4 is 28.7 Å². The number of nitrogens with zero attached hydrogens (tertiary/aromatic N) is 4. The van der Waals surface area contributed by atoms with Crippen molar-refractivity contribution in [3.63, 3.8) is 0 Å². The third-order valence-electron chi connectivity index (χ3n) is 4.01. The van der Waals surface area contributed by atoms with E-state index in [4.69, 9.17) is 0 Å². The highest BCUT2D eigenvalue weighted by molar-refractivity contribution is 7.91. The van der Waals surface area contributed by atoms with Gasteiger partial charge in [-0.1, -0.05) is 11.2 Å². The zero-order valence-corrected chi connectivity index (χ0v) is 13.6. The topological polar surface area (TPSA) is 84.4 Å². The van der Waals surface area contributed by atoms with Crippen LogP contribution < -0.4 is 15.1 Å². The van der Waals surface area contributed by atoms with Crippen molar-refractivity contribution < 1.29 is 9.35 Å². The first-order valence-corrected chi connectivity index (χ1v) is 9.07. The fourth-order valence-corrected chi connectivity index (χ4v) is 3.77. The highest BCUT2D eigenvalue weighted by Crippen LogP contribution is 2.23. The van der Waals surface area contributed by atoms with Gasteiger partial charge in [-0.2, -0.15) is 4.98 Å². The van der Waals surface area contributed by atoms with E-state index in [9.17, 15) is 9.35 Å². The van der Waals surface area contributed by atoms with E-state index >= 15 is 0 Å². The van der Waals surface area contributed by atoms with Crippen LogP contribution in [0.25, 0.3) is 0 Å². The molecule has 7 nitrogen and oxygen atoms in total. The minimum atomic E-state index is -0.750. The molecule has 22 heavy (non-hydrogen) atoms. The Balaban J connectivity index is 1.88. The predicted molar refractivity (Wildman–Crippen MR) is 87.2 cm³/mol. The molecule has 2 aliphatic heterocycles. The van der Waals surface area contributed by atoms with Crippen LogP contribution in [0.5, 0.6) is 0 Å². The van der Waals surface area contributed by atoms with Crippen molar-refractivity contribution in [1.29, 1.82) is 0 Å². The molecular weight excluding hydrogens is 302 g/mol. The number of carbonyl (C=O) groups excluding carboxylic acids is 1. The number of anilines is 2. The van der Waals surface area contributed by atoms with Gasteiger partial charge in [0.15, 0.2) is 5.78 Å². The van der Waals surface area contributed by atoms with Crippen LogP contribution in [0.4, 0.5) is 11.8 Å². The first-order valence-electron chi connectivity index (χ1n) is 7.59.